The Labute approximate surface area is 245 Å². The number of halogens is 1. The Bertz CT molecular complexity index is 1430. The maximum absolute atomic E-state index is 13.6. The summed E-state index contributed by atoms with van der Waals surface area (Å²) < 4.78 is 42.1. The molecule has 1 saturated heterocycles. The quantitative estimate of drug-likeness (QED) is 0.299. The second-order valence-electron chi connectivity index (χ2n) is 10.5. The van der Waals surface area contributed by atoms with E-state index in [4.69, 9.17) is 5.73 Å². The van der Waals surface area contributed by atoms with E-state index in [1.165, 1.54) is 28.2 Å². The highest BCUT2D eigenvalue weighted by molar-refractivity contribution is 8.02. The normalized spacial score (nSPS) is 17.3. The summed E-state index contributed by atoms with van der Waals surface area (Å²) in [6.45, 7) is 3.98. The van der Waals surface area contributed by atoms with E-state index in [9.17, 15) is 22.4 Å². The number of amides is 1. The Morgan fingerprint density at radius 2 is 1.63 bits per heavy atom. The summed E-state index contributed by atoms with van der Waals surface area (Å²) in [6, 6.07) is 21.0. The van der Waals surface area contributed by atoms with E-state index in [1.54, 1.807) is 36.4 Å². The minimum Gasteiger partial charge on any atom is -0.347 e. The number of carbonyl (C=O) groups is 2. The van der Waals surface area contributed by atoms with Gasteiger partial charge in [-0.05, 0) is 59.7 Å². The van der Waals surface area contributed by atoms with Crippen molar-refractivity contribution in [2.45, 2.75) is 55.5 Å². The molecule has 3 aromatic rings. The maximum atomic E-state index is 13.6. The Morgan fingerprint density at radius 1 is 1.00 bits per heavy atom. The fourth-order valence-corrected chi connectivity index (χ4v) is 7.86. The number of hydrogen-bond donors (Lipinski definition) is 2. The molecule has 0 unspecified atom stereocenters. The van der Waals surface area contributed by atoms with Crippen molar-refractivity contribution in [1.82, 2.24) is 9.62 Å². The van der Waals surface area contributed by atoms with Gasteiger partial charge in [0.15, 0.2) is 0 Å². The molecule has 7 nitrogen and oxygen atoms in total. The summed E-state index contributed by atoms with van der Waals surface area (Å²) in [5.74, 6) is -0.402. The lowest BCUT2D eigenvalue weighted by Gasteiger charge is -2.26. The lowest BCUT2D eigenvalue weighted by Crippen LogP contribution is -2.45. The van der Waals surface area contributed by atoms with E-state index in [2.05, 4.69) is 5.32 Å². The number of carbonyl (C=O) groups excluding carboxylic acids is 2. The third kappa shape index (κ3) is 7.62. The van der Waals surface area contributed by atoms with Crippen LogP contribution in [0, 0.1) is 11.7 Å². The zero-order valence-electron chi connectivity index (χ0n) is 23.2. The van der Waals surface area contributed by atoms with Crippen molar-refractivity contribution in [3.63, 3.8) is 0 Å². The second kappa shape index (κ2) is 13.7. The molecule has 1 fully saturated rings. The van der Waals surface area contributed by atoms with E-state index in [1.807, 2.05) is 44.2 Å². The van der Waals surface area contributed by atoms with Crippen LogP contribution in [0.15, 0.2) is 83.8 Å². The number of benzene rings is 3. The smallest absolute Gasteiger partial charge is 0.249 e. The van der Waals surface area contributed by atoms with Gasteiger partial charge in [0.2, 0.25) is 15.9 Å². The van der Waals surface area contributed by atoms with E-state index in [0.717, 1.165) is 11.1 Å². The average molecular weight is 598 g/mol. The van der Waals surface area contributed by atoms with Gasteiger partial charge in [-0.25, -0.2) is 12.8 Å². The summed E-state index contributed by atoms with van der Waals surface area (Å²) in [7, 11) is -3.94. The van der Waals surface area contributed by atoms with Gasteiger partial charge in [-0.3, -0.25) is 9.59 Å². The Kier molecular flexibility index (Phi) is 10.4. The van der Waals surface area contributed by atoms with Gasteiger partial charge in [0.1, 0.15) is 17.0 Å². The molecular formula is C31H36FN3O4S2. The number of Topliss-reactive ketones (excluding diaryl/α,β-unsaturated/α-hetero) is 1. The van der Waals surface area contributed by atoms with Crippen LogP contribution in [-0.2, 0) is 19.6 Å². The number of rotatable bonds is 12. The first kappa shape index (κ1) is 30.9. The van der Waals surface area contributed by atoms with Crippen LogP contribution in [0.2, 0.25) is 0 Å². The van der Waals surface area contributed by atoms with Gasteiger partial charge in [-0.1, -0.05) is 68.4 Å². The number of hydrogen-bond acceptors (Lipinski definition) is 6. The molecule has 3 N–H and O–H groups in total. The van der Waals surface area contributed by atoms with Gasteiger partial charge in [0.25, 0.3) is 0 Å². The molecule has 0 radical (unpaired) electrons. The Balaban J connectivity index is 1.48. The first-order valence-electron chi connectivity index (χ1n) is 13.7. The summed E-state index contributed by atoms with van der Waals surface area (Å²) >= 11 is 1.26. The zero-order valence-corrected chi connectivity index (χ0v) is 24.8. The van der Waals surface area contributed by atoms with Crippen LogP contribution >= 0.6 is 11.8 Å². The molecule has 0 bridgehead atoms. The maximum Gasteiger partial charge on any atom is 0.249 e. The minimum absolute atomic E-state index is 0.0250. The number of thioether (sulfide) groups is 1. The SMILES string of the molecule is CC(C)[C@H](N)C(=O)CCC[C@H](NC(=O)[C@@H]1SCCN1S(=O)(=O)c1ccc(-c2ccccc2)cc1)c1ccc(F)cc1. The van der Waals surface area contributed by atoms with Crippen molar-refractivity contribution < 1.29 is 22.4 Å². The van der Waals surface area contributed by atoms with Gasteiger partial charge in [0.05, 0.1) is 17.0 Å². The number of ketones is 1. The highest BCUT2D eigenvalue weighted by Crippen LogP contribution is 2.32. The molecule has 218 valence electrons. The van der Waals surface area contributed by atoms with E-state index < -0.39 is 39.2 Å². The average Bonchev–Trinajstić information content (AvgIpc) is 3.48. The predicted molar refractivity (Wildman–Crippen MR) is 161 cm³/mol. The summed E-state index contributed by atoms with van der Waals surface area (Å²) in [6.07, 6.45) is 1.14. The number of nitrogens with zero attached hydrogens (tertiary/aromatic N) is 1. The van der Waals surface area contributed by atoms with Crippen LogP contribution in [0.4, 0.5) is 4.39 Å². The topological polar surface area (TPSA) is 110 Å². The van der Waals surface area contributed by atoms with Crippen LogP contribution in [0.5, 0.6) is 0 Å². The third-order valence-corrected chi connectivity index (χ3v) is 10.5. The second-order valence-corrected chi connectivity index (χ2v) is 13.5. The van der Waals surface area contributed by atoms with Crippen molar-refractivity contribution in [3.8, 4) is 11.1 Å². The minimum atomic E-state index is -3.94. The van der Waals surface area contributed by atoms with Crippen LogP contribution in [0.3, 0.4) is 0 Å². The first-order valence-corrected chi connectivity index (χ1v) is 16.2. The standard InChI is InChI=1S/C31H36FN3O4S2/c1-21(2)29(33)28(36)10-6-9-27(24-11-15-25(32)16-12-24)34-30(37)31-35(19-20-40-31)41(38,39)26-17-13-23(14-18-26)22-7-4-3-5-8-22/h3-5,7-8,11-18,21,27,29,31H,6,9-10,19-20,33H2,1-2H3,(H,34,37)/t27-,29-,31-/m0/s1. The zero-order chi connectivity index (χ0) is 29.6. The third-order valence-electron chi connectivity index (χ3n) is 7.24. The van der Waals surface area contributed by atoms with Gasteiger partial charge < -0.3 is 11.1 Å². The van der Waals surface area contributed by atoms with Crippen molar-refractivity contribution in [2.24, 2.45) is 11.7 Å². The van der Waals surface area contributed by atoms with Crippen molar-refractivity contribution in [1.29, 1.82) is 0 Å². The van der Waals surface area contributed by atoms with Crippen molar-refractivity contribution >= 4 is 33.5 Å². The molecule has 0 saturated carbocycles. The van der Waals surface area contributed by atoms with Crippen molar-refractivity contribution in [3.05, 3.63) is 90.2 Å². The van der Waals surface area contributed by atoms with Gasteiger partial charge in [-0.15, -0.1) is 11.8 Å². The number of nitrogens with one attached hydrogen (secondary N) is 1. The van der Waals surface area contributed by atoms with Crippen LogP contribution in [0.25, 0.3) is 11.1 Å². The largest absolute Gasteiger partial charge is 0.347 e. The first-order chi connectivity index (χ1) is 19.6. The molecule has 0 spiro atoms. The lowest BCUT2D eigenvalue weighted by molar-refractivity contribution is -0.123. The lowest BCUT2D eigenvalue weighted by atomic mass is 9.95. The van der Waals surface area contributed by atoms with Gasteiger partial charge >= 0.3 is 0 Å². The fraction of sp³-hybridized carbons (Fsp3) is 0.355. The molecule has 1 aliphatic rings. The Hall–Kier alpha value is -3.05. The molecule has 3 aromatic carbocycles. The highest BCUT2D eigenvalue weighted by atomic mass is 32.2. The van der Waals surface area contributed by atoms with E-state index in [0.29, 0.717) is 24.2 Å². The van der Waals surface area contributed by atoms with Gasteiger partial charge in [-0.2, -0.15) is 4.31 Å². The van der Waals surface area contributed by atoms with E-state index >= 15 is 0 Å². The molecule has 3 atom stereocenters. The molecule has 1 amide bonds. The Morgan fingerprint density at radius 3 is 2.27 bits per heavy atom. The van der Waals surface area contributed by atoms with Crippen LogP contribution in [0.1, 0.15) is 44.7 Å². The summed E-state index contributed by atoms with van der Waals surface area (Å²) in [4.78, 5) is 26.1. The molecule has 4 rings (SSSR count). The molecule has 1 aliphatic heterocycles. The molecule has 10 heteroatoms. The fourth-order valence-electron chi connectivity index (χ4n) is 4.77. The van der Waals surface area contributed by atoms with Crippen LogP contribution < -0.4 is 11.1 Å². The highest BCUT2D eigenvalue weighted by Gasteiger charge is 2.40. The summed E-state index contributed by atoms with van der Waals surface area (Å²) in [5, 5.41) is 2.02. The molecule has 0 aliphatic carbocycles. The number of nitrogens with two attached hydrogens (primary N) is 1. The predicted octanol–water partition coefficient (Wildman–Crippen LogP) is 5.14. The number of sulfonamides is 1. The van der Waals surface area contributed by atoms with Gasteiger partial charge in [0, 0.05) is 18.7 Å². The molecule has 1 heterocycles. The molecule has 41 heavy (non-hydrogen) atoms. The summed E-state index contributed by atoms with van der Waals surface area (Å²) in [5.41, 5.74) is 8.53. The monoisotopic (exact) mass is 597 g/mol. The van der Waals surface area contributed by atoms with Crippen molar-refractivity contribution in [2.75, 3.05) is 12.3 Å². The van der Waals surface area contributed by atoms with E-state index in [-0.39, 0.29) is 29.6 Å². The molecule has 0 aromatic heterocycles. The van der Waals surface area contributed by atoms with Crippen LogP contribution in [-0.4, -0.2) is 48.1 Å². The molecular weight excluding hydrogens is 561 g/mol.